The number of carbonyl (C=O) groups excluding carboxylic acids is 1. The molecule has 1 aliphatic heterocycles. The van der Waals surface area contributed by atoms with Crippen LogP contribution in [0.1, 0.15) is 35.4 Å². The van der Waals surface area contributed by atoms with Gasteiger partial charge in [-0.1, -0.05) is 35.3 Å². The fourth-order valence-corrected chi connectivity index (χ4v) is 3.99. The summed E-state index contributed by atoms with van der Waals surface area (Å²) in [6.07, 6.45) is 0.654. The van der Waals surface area contributed by atoms with Crippen molar-refractivity contribution in [3.8, 4) is 0 Å². The quantitative estimate of drug-likeness (QED) is 0.742. The summed E-state index contributed by atoms with van der Waals surface area (Å²) in [6, 6.07) is 8.83. The predicted molar refractivity (Wildman–Crippen MR) is 100 cm³/mol. The lowest BCUT2D eigenvalue weighted by Gasteiger charge is -2.26. The number of amides is 1. The SMILES string of the molecule is Cc1cc(C2[C@@H](c3ccc(F)c(Cl)c3)CN[C@@H]2C)c(NC=O)cc1Cl. The Morgan fingerprint density at radius 2 is 2.00 bits per heavy atom. The molecule has 2 aromatic carbocycles. The third-order valence-corrected chi connectivity index (χ3v) is 5.60. The largest absolute Gasteiger partial charge is 0.328 e. The van der Waals surface area contributed by atoms with Gasteiger partial charge in [0.25, 0.3) is 0 Å². The summed E-state index contributed by atoms with van der Waals surface area (Å²) < 4.78 is 13.5. The fraction of sp³-hybridized carbons (Fsp3) is 0.316. The maximum absolute atomic E-state index is 13.5. The Labute approximate surface area is 156 Å². The molecule has 0 spiro atoms. The minimum absolute atomic E-state index is 0.0972. The van der Waals surface area contributed by atoms with E-state index in [0.29, 0.717) is 17.1 Å². The molecule has 0 aromatic heterocycles. The molecule has 0 saturated carbocycles. The standard InChI is InChI=1S/C19H19Cl2FN2O/c1-10-5-13(18(24-9-25)7-15(10)20)19-11(2)23-8-14(19)12-3-4-17(22)16(21)6-12/h3-7,9,11,14,19,23H,8H2,1-2H3,(H,24,25)/t11-,14-,19?/m1/s1. The van der Waals surface area contributed by atoms with E-state index in [2.05, 4.69) is 17.6 Å². The van der Waals surface area contributed by atoms with Gasteiger partial charge in [0.05, 0.1) is 5.02 Å². The lowest BCUT2D eigenvalue weighted by Crippen LogP contribution is -2.22. The molecule has 0 radical (unpaired) electrons. The van der Waals surface area contributed by atoms with Crippen LogP contribution in [-0.4, -0.2) is 19.0 Å². The van der Waals surface area contributed by atoms with Gasteiger partial charge in [0.15, 0.2) is 0 Å². The molecule has 3 rings (SSSR count). The highest BCUT2D eigenvalue weighted by atomic mass is 35.5. The topological polar surface area (TPSA) is 41.1 Å². The molecule has 1 amide bonds. The van der Waals surface area contributed by atoms with Crippen molar-refractivity contribution in [2.24, 2.45) is 0 Å². The van der Waals surface area contributed by atoms with Crippen LogP contribution in [0.4, 0.5) is 10.1 Å². The van der Waals surface area contributed by atoms with Crippen LogP contribution < -0.4 is 10.6 Å². The predicted octanol–water partition coefficient (Wildman–Crippen LogP) is 4.87. The molecular weight excluding hydrogens is 362 g/mol. The molecule has 0 aliphatic carbocycles. The third kappa shape index (κ3) is 3.52. The molecule has 6 heteroatoms. The van der Waals surface area contributed by atoms with E-state index >= 15 is 0 Å². The molecule has 1 unspecified atom stereocenters. The summed E-state index contributed by atoms with van der Waals surface area (Å²) in [7, 11) is 0. The second-order valence-corrected chi connectivity index (χ2v) is 7.27. The Kier molecular flexibility index (Phi) is 5.32. The van der Waals surface area contributed by atoms with E-state index in [9.17, 15) is 9.18 Å². The molecule has 0 bridgehead atoms. The number of aryl methyl sites for hydroxylation is 1. The van der Waals surface area contributed by atoms with Gasteiger partial charge in [-0.05, 0) is 48.7 Å². The van der Waals surface area contributed by atoms with E-state index < -0.39 is 5.82 Å². The number of halogens is 3. The van der Waals surface area contributed by atoms with E-state index in [-0.39, 0.29) is 22.9 Å². The Morgan fingerprint density at radius 1 is 1.24 bits per heavy atom. The number of benzene rings is 2. The van der Waals surface area contributed by atoms with Crippen molar-refractivity contribution >= 4 is 35.3 Å². The Balaban J connectivity index is 2.08. The Hall–Kier alpha value is -1.62. The minimum atomic E-state index is -0.424. The molecule has 3 atom stereocenters. The zero-order valence-electron chi connectivity index (χ0n) is 13.9. The van der Waals surface area contributed by atoms with Gasteiger partial charge >= 0.3 is 0 Å². The molecule has 1 fully saturated rings. The number of carbonyl (C=O) groups is 1. The second kappa shape index (κ2) is 7.32. The van der Waals surface area contributed by atoms with Crippen LogP contribution in [0, 0.1) is 12.7 Å². The van der Waals surface area contributed by atoms with Gasteiger partial charge in [-0.25, -0.2) is 4.39 Å². The second-order valence-electron chi connectivity index (χ2n) is 6.45. The number of hydrogen-bond acceptors (Lipinski definition) is 2. The molecule has 1 aliphatic rings. The minimum Gasteiger partial charge on any atom is -0.328 e. The van der Waals surface area contributed by atoms with Gasteiger partial charge in [-0.15, -0.1) is 0 Å². The van der Waals surface area contributed by atoms with Crippen LogP contribution in [0.2, 0.25) is 10.0 Å². The summed E-state index contributed by atoms with van der Waals surface area (Å²) in [5.74, 6) is -0.215. The van der Waals surface area contributed by atoms with Gasteiger partial charge in [0.1, 0.15) is 5.82 Å². The van der Waals surface area contributed by atoms with Crippen LogP contribution >= 0.6 is 23.2 Å². The first kappa shape index (κ1) is 18.2. The average molecular weight is 381 g/mol. The molecule has 25 heavy (non-hydrogen) atoms. The van der Waals surface area contributed by atoms with Crippen molar-refractivity contribution in [1.82, 2.24) is 5.32 Å². The first-order chi connectivity index (χ1) is 11.9. The van der Waals surface area contributed by atoms with Gasteiger partial charge in [0.2, 0.25) is 6.41 Å². The maximum Gasteiger partial charge on any atom is 0.211 e. The maximum atomic E-state index is 13.5. The molecule has 1 heterocycles. The Morgan fingerprint density at radius 3 is 2.68 bits per heavy atom. The summed E-state index contributed by atoms with van der Waals surface area (Å²) in [6.45, 7) is 4.79. The van der Waals surface area contributed by atoms with E-state index in [1.807, 2.05) is 13.0 Å². The summed E-state index contributed by atoms with van der Waals surface area (Å²) in [5, 5.41) is 6.95. The van der Waals surface area contributed by atoms with Gasteiger partial charge in [0, 0.05) is 35.1 Å². The van der Waals surface area contributed by atoms with Gasteiger partial charge < -0.3 is 10.6 Å². The van der Waals surface area contributed by atoms with E-state index in [1.54, 1.807) is 18.2 Å². The molecule has 2 aromatic rings. The highest BCUT2D eigenvalue weighted by molar-refractivity contribution is 6.31. The van der Waals surface area contributed by atoms with E-state index in [1.165, 1.54) is 6.07 Å². The van der Waals surface area contributed by atoms with Crippen LogP contribution in [0.15, 0.2) is 30.3 Å². The molecular formula is C19H19Cl2FN2O. The van der Waals surface area contributed by atoms with Crippen molar-refractivity contribution in [3.63, 3.8) is 0 Å². The van der Waals surface area contributed by atoms with Gasteiger partial charge in [-0.3, -0.25) is 4.79 Å². The zero-order chi connectivity index (χ0) is 18.1. The number of rotatable bonds is 4. The summed E-state index contributed by atoms with van der Waals surface area (Å²) in [5.41, 5.74) is 3.63. The fourth-order valence-electron chi connectivity index (χ4n) is 3.64. The van der Waals surface area contributed by atoms with E-state index in [0.717, 1.165) is 23.2 Å². The van der Waals surface area contributed by atoms with Crippen molar-refractivity contribution in [3.05, 3.63) is 62.9 Å². The third-order valence-electron chi connectivity index (χ3n) is 4.91. The smallest absolute Gasteiger partial charge is 0.211 e. The van der Waals surface area contributed by atoms with Crippen molar-refractivity contribution in [2.75, 3.05) is 11.9 Å². The normalized spacial score (nSPS) is 22.8. The Bertz CT molecular complexity index is 812. The molecule has 1 saturated heterocycles. The first-order valence-electron chi connectivity index (χ1n) is 8.11. The van der Waals surface area contributed by atoms with Crippen LogP contribution in [0.25, 0.3) is 0 Å². The number of hydrogen-bond donors (Lipinski definition) is 2. The molecule has 3 nitrogen and oxygen atoms in total. The van der Waals surface area contributed by atoms with Crippen molar-refractivity contribution in [1.29, 1.82) is 0 Å². The lowest BCUT2D eigenvalue weighted by molar-refractivity contribution is -0.105. The highest BCUT2D eigenvalue weighted by Crippen LogP contribution is 2.44. The van der Waals surface area contributed by atoms with Crippen molar-refractivity contribution < 1.29 is 9.18 Å². The van der Waals surface area contributed by atoms with Crippen LogP contribution in [-0.2, 0) is 4.79 Å². The molecule has 2 N–H and O–H groups in total. The summed E-state index contributed by atoms with van der Waals surface area (Å²) in [4.78, 5) is 11.0. The number of nitrogens with one attached hydrogen (secondary N) is 2. The number of anilines is 1. The molecule has 132 valence electrons. The lowest BCUT2D eigenvalue weighted by atomic mass is 9.79. The average Bonchev–Trinajstić information content (AvgIpc) is 2.95. The van der Waals surface area contributed by atoms with Crippen molar-refractivity contribution in [2.45, 2.75) is 31.7 Å². The van der Waals surface area contributed by atoms with Gasteiger partial charge in [-0.2, -0.15) is 0 Å². The summed E-state index contributed by atoms with van der Waals surface area (Å²) >= 11 is 12.2. The van der Waals surface area contributed by atoms with Crippen LogP contribution in [0.5, 0.6) is 0 Å². The highest BCUT2D eigenvalue weighted by Gasteiger charge is 2.37. The van der Waals surface area contributed by atoms with Crippen LogP contribution in [0.3, 0.4) is 0 Å². The zero-order valence-corrected chi connectivity index (χ0v) is 15.5. The monoisotopic (exact) mass is 380 g/mol. The van der Waals surface area contributed by atoms with E-state index in [4.69, 9.17) is 23.2 Å². The first-order valence-corrected chi connectivity index (χ1v) is 8.86.